The Morgan fingerprint density at radius 3 is 2.26 bits per heavy atom. The summed E-state index contributed by atoms with van der Waals surface area (Å²) in [7, 11) is 2.01. The third kappa shape index (κ3) is 4.43. The van der Waals surface area contributed by atoms with Crippen LogP contribution in [0.5, 0.6) is 0 Å². The van der Waals surface area contributed by atoms with Crippen LogP contribution in [0.1, 0.15) is 115 Å². The maximum Gasteiger partial charge on any atom is 0.335 e. The predicted molar refractivity (Wildman–Crippen MR) is 193 cm³/mol. The van der Waals surface area contributed by atoms with E-state index < -0.39 is 5.97 Å². The summed E-state index contributed by atoms with van der Waals surface area (Å²) in [6.45, 7) is 19.6. The zero-order valence-electron chi connectivity index (χ0n) is 29.7. The van der Waals surface area contributed by atoms with E-state index in [1.54, 1.807) is 23.5 Å². The van der Waals surface area contributed by atoms with Gasteiger partial charge in [-0.2, -0.15) is 0 Å². The number of carboxylic acids is 1. The molecule has 4 fully saturated rings. The van der Waals surface area contributed by atoms with Crippen LogP contribution in [0.15, 0.2) is 60.0 Å². The Hall–Kier alpha value is -2.66. The van der Waals surface area contributed by atoms with Crippen molar-refractivity contribution < 1.29 is 14.7 Å². The van der Waals surface area contributed by atoms with Crippen molar-refractivity contribution in [2.24, 2.45) is 56.7 Å². The Morgan fingerprint density at radius 1 is 0.894 bits per heavy atom. The lowest BCUT2D eigenvalue weighted by atomic mass is 9.32. The van der Waals surface area contributed by atoms with Gasteiger partial charge in [-0.1, -0.05) is 65.0 Å². The fourth-order valence-corrected chi connectivity index (χ4v) is 14.0. The molecule has 9 atom stereocenters. The van der Waals surface area contributed by atoms with E-state index in [4.69, 9.17) is 0 Å². The summed E-state index contributed by atoms with van der Waals surface area (Å²) in [5.74, 6) is 1.97. The minimum absolute atomic E-state index is 0.00611. The second-order valence-corrected chi connectivity index (χ2v) is 18.5. The summed E-state index contributed by atoms with van der Waals surface area (Å²) >= 11 is 1.67. The van der Waals surface area contributed by atoms with E-state index >= 15 is 0 Å². The number of thiophene rings is 1. The van der Waals surface area contributed by atoms with Crippen molar-refractivity contribution in [3.05, 3.63) is 71.1 Å². The molecule has 1 aromatic carbocycles. The summed E-state index contributed by atoms with van der Waals surface area (Å²) in [5.41, 5.74) is 4.46. The van der Waals surface area contributed by atoms with Crippen molar-refractivity contribution in [3.8, 4) is 0 Å². The van der Waals surface area contributed by atoms with Gasteiger partial charge in [0.1, 0.15) is 0 Å². The molecule has 0 bridgehead atoms. The van der Waals surface area contributed by atoms with Gasteiger partial charge in [-0.25, -0.2) is 4.79 Å². The smallest absolute Gasteiger partial charge is 0.335 e. The van der Waals surface area contributed by atoms with Crippen LogP contribution in [0.3, 0.4) is 0 Å². The van der Waals surface area contributed by atoms with E-state index in [0.717, 1.165) is 37.1 Å². The second-order valence-electron chi connectivity index (χ2n) is 17.6. The SMILES string of the molecule is C=C(C)[C@@H]1CC[C@]2(C(=O)N(C)c3cccs3)CC[C@]3(C)[C@H](CC[C@@H]4[C@@]5(C)CC=C(c6ccc(C(=O)O)cc6)C(C)(C)[C@@H]5CC[C@]43C)[C@@H]12. The number of anilines is 1. The van der Waals surface area contributed by atoms with Gasteiger partial charge in [0.05, 0.1) is 16.0 Å². The van der Waals surface area contributed by atoms with E-state index in [1.807, 2.05) is 24.1 Å². The summed E-state index contributed by atoms with van der Waals surface area (Å²) in [4.78, 5) is 28.2. The molecule has 252 valence electrons. The van der Waals surface area contributed by atoms with Gasteiger partial charge in [-0.05, 0) is 157 Å². The molecule has 4 nitrogen and oxygen atoms in total. The summed E-state index contributed by atoms with van der Waals surface area (Å²) in [6, 6.07) is 11.7. The summed E-state index contributed by atoms with van der Waals surface area (Å²) < 4.78 is 0. The highest BCUT2D eigenvalue weighted by molar-refractivity contribution is 7.14. The number of carbonyl (C=O) groups is 2. The highest BCUT2D eigenvalue weighted by Gasteiger charge is 2.71. The van der Waals surface area contributed by atoms with E-state index in [1.165, 1.54) is 42.4 Å². The summed E-state index contributed by atoms with van der Waals surface area (Å²) in [6.07, 6.45) is 12.7. The zero-order valence-corrected chi connectivity index (χ0v) is 30.5. The number of carboxylic acid groups (broad SMARTS) is 1. The Balaban J connectivity index is 1.24. The summed E-state index contributed by atoms with van der Waals surface area (Å²) in [5, 5.41) is 12.6. The number of fused-ring (bicyclic) bond motifs is 7. The molecule has 5 aliphatic rings. The molecule has 0 radical (unpaired) electrons. The van der Waals surface area contributed by atoms with Gasteiger partial charge in [0.15, 0.2) is 0 Å². The van der Waals surface area contributed by atoms with Crippen LogP contribution in [-0.2, 0) is 4.79 Å². The fourth-order valence-electron chi connectivity index (χ4n) is 13.3. The molecular weight excluding hydrogens is 599 g/mol. The third-order valence-electron chi connectivity index (χ3n) is 15.7. The average Bonchev–Trinajstić information content (AvgIpc) is 3.70. The number of allylic oxidation sites excluding steroid dienone is 3. The highest BCUT2D eigenvalue weighted by atomic mass is 32.1. The molecule has 5 heteroatoms. The lowest BCUT2D eigenvalue weighted by Crippen LogP contribution is -2.66. The fraction of sp³-hybridized carbons (Fsp3) is 0.619. The van der Waals surface area contributed by atoms with Gasteiger partial charge >= 0.3 is 5.97 Å². The first kappa shape index (κ1) is 32.9. The number of aromatic carboxylic acids is 1. The quantitative estimate of drug-likeness (QED) is 0.327. The molecule has 2 aromatic rings. The molecule has 0 saturated heterocycles. The first-order valence-electron chi connectivity index (χ1n) is 18.1. The normalized spacial score (nSPS) is 40.2. The van der Waals surface area contributed by atoms with Crippen LogP contribution in [0, 0.1) is 56.7 Å². The monoisotopic (exact) mass is 653 g/mol. The molecule has 7 rings (SSSR count). The van der Waals surface area contributed by atoms with Crippen molar-refractivity contribution in [3.63, 3.8) is 0 Å². The number of hydrogen-bond donors (Lipinski definition) is 1. The van der Waals surface area contributed by atoms with Crippen molar-refractivity contribution in [2.45, 2.75) is 99.3 Å². The highest BCUT2D eigenvalue weighted by Crippen LogP contribution is 2.78. The van der Waals surface area contributed by atoms with Crippen LogP contribution >= 0.6 is 11.3 Å². The van der Waals surface area contributed by atoms with Gasteiger partial charge in [-0.3, -0.25) is 4.79 Å². The van der Waals surface area contributed by atoms with E-state index in [2.05, 4.69) is 71.7 Å². The number of benzene rings is 1. The van der Waals surface area contributed by atoms with E-state index in [0.29, 0.717) is 41.1 Å². The predicted octanol–water partition coefficient (Wildman–Crippen LogP) is 10.8. The minimum Gasteiger partial charge on any atom is -0.478 e. The number of carbonyl (C=O) groups excluding carboxylic acids is 1. The Labute approximate surface area is 286 Å². The molecule has 4 saturated carbocycles. The average molecular weight is 654 g/mol. The Morgan fingerprint density at radius 2 is 1.62 bits per heavy atom. The molecule has 1 amide bonds. The second kappa shape index (κ2) is 10.9. The molecular formula is C42H55NO3S. The molecule has 47 heavy (non-hydrogen) atoms. The third-order valence-corrected chi connectivity index (χ3v) is 16.6. The molecule has 1 N–H and O–H groups in total. The number of hydrogen-bond acceptors (Lipinski definition) is 3. The first-order valence-corrected chi connectivity index (χ1v) is 19.0. The Bertz CT molecular complexity index is 1620. The molecule has 1 aromatic heterocycles. The lowest BCUT2D eigenvalue weighted by molar-refractivity contribution is -0.224. The van der Waals surface area contributed by atoms with Gasteiger partial charge in [0, 0.05) is 7.05 Å². The lowest BCUT2D eigenvalue weighted by Gasteiger charge is -2.72. The maximum absolute atomic E-state index is 14.7. The van der Waals surface area contributed by atoms with E-state index in [-0.39, 0.29) is 27.1 Å². The van der Waals surface area contributed by atoms with Gasteiger partial charge in [-0.15, -0.1) is 11.3 Å². The van der Waals surface area contributed by atoms with Crippen LogP contribution in [0.2, 0.25) is 0 Å². The molecule has 0 unspecified atom stereocenters. The number of nitrogens with zero attached hydrogens (tertiary/aromatic N) is 1. The molecule has 0 spiro atoms. The number of amides is 1. The van der Waals surface area contributed by atoms with Gasteiger partial charge < -0.3 is 10.0 Å². The van der Waals surface area contributed by atoms with Crippen molar-refractivity contribution in [1.82, 2.24) is 0 Å². The maximum atomic E-state index is 14.7. The molecule has 0 aliphatic heterocycles. The van der Waals surface area contributed by atoms with Crippen molar-refractivity contribution in [1.29, 1.82) is 0 Å². The Kier molecular flexibility index (Phi) is 7.64. The van der Waals surface area contributed by atoms with Crippen molar-refractivity contribution >= 4 is 33.8 Å². The zero-order chi connectivity index (χ0) is 33.7. The van der Waals surface area contributed by atoms with Crippen LogP contribution < -0.4 is 4.90 Å². The minimum atomic E-state index is -0.873. The van der Waals surface area contributed by atoms with Crippen LogP contribution in [0.25, 0.3) is 5.57 Å². The molecule has 1 heterocycles. The molecule has 5 aliphatic carbocycles. The van der Waals surface area contributed by atoms with Gasteiger partial charge in [0.2, 0.25) is 5.91 Å². The van der Waals surface area contributed by atoms with E-state index in [9.17, 15) is 14.7 Å². The van der Waals surface area contributed by atoms with Crippen LogP contribution in [-0.4, -0.2) is 24.0 Å². The topological polar surface area (TPSA) is 57.6 Å². The standard InChI is InChI=1S/C42H55NO3S/c1-26(2)29-17-22-42(37(46)43(8)34-10-9-25-47-34)24-23-40(6)31(35(29)42)15-16-33-39(5)20-18-30(27-11-13-28(14-12-27)36(44)45)38(3,4)32(39)19-21-41(33,40)7/h9-14,18,25,29,31-33,35H,1,15-17,19-24H2,2-8H3,(H,44,45)/t29-,31+,32-,33+,35+,39-,40+,41+,42-/m0/s1. The first-order chi connectivity index (χ1) is 22.1. The van der Waals surface area contributed by atoms with Gasteiger partial charge in [0.25, 0.3) is 0 Å². The largest absolute Gasteiger partial charge is 0.478 e. The van der Waals surface area contributed by atoms with Crippen LogP contribution in [0.4, 0.5) is 5.00 Å². The van der Waals surface area contributed by atoms with Crippen molar-refractivity contribution in [2.75, 3.05) is 11.9 Å². The number of rotatable bonds is 5.